The van der Waals surface area contributed by atoms with Crippen LogP contribution < -0.4 is 15.4 Å². The van der Waals surface area contributed by atoms with Gasteiger partial charge in [-0.15, -0.1) is 0 Å². The zero-order valence-electron chi connectivity index (χ0n) is 14.8. The molecule has 0 spiro atoms. The summed E-state index contributed by atoms with van der Waals surface area (Å²) in [6.07, 6.45) is 0. The molecule has 0 heterocycles. The molecule has 0 aromatic heterocycles. The van der Waals surface area contributed by atoms with E-state index in [1.54, 1.807) is 73.8 Å². The fraction of sp³-hybridized carbons (Fsp3) is 0.0476. The first-order chi connectivity index (χ1) is 13.5. The Morgan fingerprint density at radius 1 is 0.857 bits per heavy atom. The number of methoxy groups -OCH3 is 1. The van der Waals surface area contributed by atoms with E-state index in [2.05, 4.69) is 26.6 Å². The molecule has 0 aliphatic heterocycles. The van der Waals surface area contributed by atoms with E-state index >= 15 is 0 Å². The first kappa shape index (κ1) is 19.9. The van der Waals surface area contributed by atoms with Crippen LogP contribution in [0.1, 0.15) is 20.7 Å². The van der Waals surface area contributed by atoms with E-state index in [4.69, 9.17) is 16.3 Å². The summed E-state index contributed by atoms with van der Waals surface area (Å²) in [6, 6.07) is 18.6. The zero-order valence-corrected chi connectivity index (χ0v) is 17.2. The van der Waals surface area contributed by atoms with Gasteiger partial charge in [-0.3, -0.25) is 9.59 Å². The molecule has 3 aromatic carbocycles. The second kappa shape index (κ2) is 8.91. The van der Waals surface area contributed by atoms with Crippen molar-refractivity contribution in [3.05, 3.63) is 87.4 Å². The Bertz CT molecular complexity index is 1040. The zero-order chi connectivity index (χ0) is 20.1. The van der Waals surface area contributed by atoms with Crippen LogP contribution in [0.15, 0.2) is 71.2 Å². The van der Waals surface area contributed by atoms with Crippen LogP contribution in [0.25, 0.3) is 0 Å². The number of anilines is 2. The van der Waals surface area contributed by atoms with Crippen molar-refractivity contribution in [2.45, 2.75) is 0 Å². The molecule has 0 radical (unpaired) electrons. The molecule has 0 unspecified atom stereocenters. The van der Waals surface area contributed by atoms with E-state index in [1.807, 2.05) is 0 Å². The first-order valence-electron chi connectivity index (χ1n) is 8.28. The largest absolute Gasteiger partial charge is 0.496 e. The number of benzene rings is 3. The van der Waals surface area contributed by atoms with Gasteiger partial charge in [-0.25, -0.2) is 0 Å². The Morgan fingerprint density at radius 3 is 2.07 bits per heavy atom. The molecular weight excluding hydrogens is 444 g/mol. The van der Waals surface area contributed by atoms with E-state index in [0.29, 0.717) is 37.7 Å². The molecule has 2 N–H and O–H groups in total. The molecular formula is C21H16BrClN2O3. The Balaban J connectivity index is 1.73. The Hall–Kier alpha value is -2.83. The summed E-state index contributed by atoms with van der Waals surface area (Å²) in [5.74, 6) is 0.0394. The number of hydrogen-bond acceptors (Lipinski definition) is 3. The SMILES string of the molecule is COc1ccc(C(=O)Nc2cccc(C(=O)Nc3cccc(Cl)c3)c2)cc1Br. The van der Waals surface area contributed by atoms with Crippen molar-refractivity contribution in [2.24, 2.45) is 0 Å². The molecule has 0 aliphatic rings. The quantitative estimate of drug-likeness (QED) is 0.521. The molecule has 0 aliphatic carbocycles. The van der Waals surface area contributed by atoms with Crippen LogP contribution in [0.4, 0.5) is 11.4 Å². The van der Waals surface area contributed by atoms with Crippen LogP contribution >= 0.6 is 27.5 Å². The van der Waals surface area contributed by atoms with Gasteiger partial charge in [0.15, 0.2) is 0 Å². The number of halogens is 2. The number of ether oxygens (including phenoxy) is 1. The van der Waals surface area contributed by atoms with E-state index in [-0.39, 0.29) is 11.8 Å². The van der Waals surface area contributed by atoms with Gasteiger partial charge < -0.3 is 15.4 Å². The number of carbonyl (C=O) groups excluding carboxylic acids is 2. The first-order valence-corrected chi connectivity index (χ1v) is 9.45. The van der Waals surface area contributed by atoms with Crippen molar-refractivity contribution in [3.63, 3.8) is 0 Å². The standard InChI is InChI=1S/C21H16BrClN2O3/c1-28-19-9-8-14(11-18(19)22)21(27)24-16-6-2-4-13(10-16)20(26)25-17-7-3-5-15(23)12-17/h2-12H,1H3,(H,24,27)(H,25,26). The van der Waals surface area contributed by atoms with Crippen molar-refractivity contribution in [1.29, 1.82) is 0 Å². The highest BCUT2D eigenvalue weighted by Gasteiger charge is 2.11. The van der Waals surface area contributed by atoms with E-state index in [9.17, 15) is 9.59 Å². The average Bonchev–Trinajstić information content (AvgIpc) is 2.68. The maximum Gasteiger partial charge on any atom is 0.255 e. The smallest absolute Gasteiger partial charge is 0.255 e. The fourth-order valence-corrected chi connectivity index (χ4v) is 3.25. The van der Waals surface area contributed by atoms with Gasteiger partial charge >= 0.3 is 0 Å². The number of rotatable bonds is 5. The summed E-state index contributed by atoms with van der Waals surface area (Å²) >= 11 is 9.30. The summed E-state index contributed by atoms with van der Waals surface area (Å²) in [7, 11) is 1.56. The Kier molecular flexibility index (Phi) is 6.34. The highest BCUT2D eigenvalue weighted by Crippen LogP contribution is 2.26. The summed E-state index contributed by atoms with van der Waals surface area (Å²) in [5, 5.41) is 6.10. The number of carbonyl (C=O) groups is 2. The minimum atomic E-state index is -0.300. The van der Waals surface area contributed by atoms with Gasteiger partial charge in [-0.1, -0.05) is 23.7 Å². The van der Waals surface area contributed by atoms with Gasteiger partial charge in [0.2, 0.25) is 0 Å². The third kappa shape index (κ3) is 4.91. The highest BCUT2D eigenvalue weighted by molar-refractivity contribution is 9.10. The lowest BCUT2D eigenvalue weighted by atomic mass is 10.1. The van der Waals surface area contributed by atoms with Gasteiger partial charge in [-0.05, 0) is 70.5 Å². The number of amides is 2. The van der Waals surface area contributed by atoms with Crippen molar-refractivity contribution in [1.82, 2.24) is 0 Å². The lowest BCUT2D eigenvalue weighted by Crippen LogP contribution is -2.14. The number of nitrogens with one attached hydrogen (secondary N) is 2. The topological polar surface area (TPSA) is 67.4 Å². The molecule has 0 saturated heterocycles. The minimum Gasteiger partial charge on any atom is -0.496 e. The predicted molar refractivity (Wildman–Crippen MR) is 114 cm³/mol. The third-order valence-electron chi connectivity index (χ3n) is 3.88. The molecule has 7 heteroatoms. The molecule has 0 fully saturated rings. The Morgan fingerprint density at radius 2 is 1.46 bits per heavy atom. The Labute approximate surface area is 175 Å². The van der Waals surface area contributed by atoms with Gasteiger partial charge in [0.1, 0.15) is 5.75 Å². The van der Waals surface area contributed by atoms with Gasteiger partial charge in [0.25, 0.3) is 11.8 Å². The molecule has 3 rings (SSSR count). The van der Waals surface area contributed by atoms with E-state index < -0.39 is 0 Å². The third-order valence-corrected chi connectivity index (χ3v) is 4.73. The highest BCUT2D eigenvalue weighted by atomic mass is 79.9. The predicted octanol–water partition coefficient (Wildman–Crippen LogP) is 5.62. The second-order valence-electron chi connectivity index (χ2n) is 5.85. The van der Waals surface area contributed by atoms with Gasteiger partial charge in [-0.2, -0.15) is 0 Å². The van der Waals surface area contributed by atoms with Crippen molar-refractivity contribution in [2.75, 3.05) is 17.7 Å². The van der Waals surface area contributed by atoms with E-state index in [0.717, 1.165) is 0 Å². The summed E-state index contributed by atoms with van der Waals surface area (Å²) in [5.41, 5.74) is 1.97. The fourth-order valence-electron chi connectivity index (χ4n) is 2.52. The molecule has 5 nitrogen and oxygen atoms in total. The van der Waals surface area contributed by atoms with Crippen LogP contribution in [0, 0.1) is 0 Å². The van der Waals surface area contributed by atoms with Crippen LogP contribution in [0.2, 0.25) is 5.02 Å². The minimum absolute atomic E-state index is 0.296. The molecule has 0 saturated carbocycles. The second-order valence-corrected chi connectivity index (χ2v) is 7.14. The van der Waals surface area contributed by atoms with Crippen molar-refractivity contribution in [3.8, 4) is 5.75 Å². The molecule has 0 atom stereocenters. The lowest BCUT2D eigenvalue weighted by molar-refractivity contribution is 0.101. The molecule has 142 valence electrons. The normalized spacial score (nSPS) is 10.2. The monoisotopic (exact) mass is 458 g/mol. The average molecular weight is 460 g/mol. The summed E-state index contributed by atoms with van der Waals surface area (Å²) in [4.78, 5) is 24.9. The molecule has 28 heavy (non-hydrogen) atoms. The lowest BCUT2D eigenvalue weighted by Gasteiger charge is -2.10. The van der Waals surface area contributed by atoms with Crippen LogP contribution in [-0.4, -0.2) is 18.9 Å². The van der Waals surface area contributed by atoms with Gasteiger partial charge in [0.05, 0.1) is 11.6 Å². The molecule has 2 amide bonds. The maximum atomic E-state index is 12.5. The van der Waals surface area contributed by atoms with Crippen LogP contribution in [0.5, 0.6) is 5.75 Å². The van der Waals surface area contributed by atoms with E-state index in [1.165, 1.54) is 0 Å². The van der Waals surface area contributed by atoms with Crippen LogP contribution in [-0.2, 0) is 0 Å². The summed E-state index contributed by atoms with van der Waals surface area (Å²) in [6.45, 7) is 0. The number of hydrogen-bond donors (Lipinski definition) is 2. The summed E-state index contributed by atoms with van der Waals surface area (Å²) < 4.78 is 5.84. The van der Waals surface area contributed by atoms with Crippen LogP contribution in [0.3, 0.4) is 0 Å². The van der Waals surface area contributed by atoms with Crippen molar-refractivity contribution >= 4 is 50.7 Å². The van der Waals surface area contributed by atoms with Crippen molar-refractivity contribution < 1.29 is 14.3 Å². The maximum absolute atomic E-state index is 12.5. The molecule has 3 aromatic rings. The molecule has 0 bridgehead atoms. The van der Waals surface area contributed by atoms with Gasteiger partial charge in [0, 0.05) is 27.5 Å².